The molecule has 2 aromatic carbocycles. The van der Waals surface area contributed by atoms with Crippen LogP contribution in [0, 0.1) is 13.8 Å². The van der Waals surface area contributed by atoms with Gasteiger partial charge in [0.2, 0.25) is 0 Å². The summed E-state index contributed by atoms with van der Waals surface area (Å²) >= 11 is 6.15. The lowest BCUT2D eigenvalue weighted by molar-refractivity contribution is 0.101. The zero-order valence-electron chi connectivity index (χ0n) is 10.8. The van der Waals surface area contributed by atoms with E-state index in [2.05, 4.69) is 26.0 Å². The molecule has 0 aliphatic rings. The van der Waals surface area contributed by atoms with Gasteiger partial charge >= 0.3 is 0 Å². The van der Waals surface area contributed by atoms with Gasteiger partial charge < -0.3 is 0 Å². The molecule has 18 heavy (non-hydrogen) atoms. The number of benzene rings is 2. The van der Waals surface area contributed by atoms with Crippen LogP contribution in [0.3, 0.4) is 0 Å². The number of rotatable bonds is 2. The molecule has 1 nitrogen and oxygen atoms in total. The molecule has 2 rings (SSSR count). The zero-order chi connectivity index (χ0) is 13.3. The predicted molar refractivity (Wildman–Crippen MR) is 76.4 cm³/mol. The molecule has 0 amide bonds. The lowest BCUT2D eigenvalue weighted by Gasteiger charge is -2.10. The van der Waals surface area contributed by atoms with Crippen LogP contribution in [-0.4, -0.2) is 5.78 Å². The second-order valence-corrected chi connectivity index (χ2v) is 4.91. The Morgan fingerprint density at radius 1 is 1.11 bits per heavy atom. The van der Waals surface area contributed by atoms with E-state index >= 15 is 0 Å². The molecule has 0 saturated carbocycles. The Kier molecular flexibility index (Phi) is 3.53. The van der Waals surface area contributed by atoms with Crippen molar-refractivity contribution in [2.24, 2.45) is 0 Å². The predicted octanol–water partition coefficient (Wildman–Crippen LogP) is 4.83. The third-order valence-electron chi connectivity index (χ3n) is 3.26. The second-order valence-electron chi connectivity index (χ2n) is 4.50. The molecule has 0 N–H and O–H groups in total. The Hall–Kier alpha value is -1.60. The molecule has 0 aromatic heterocycles. The number of Topliss-reactive ketones (excluding diaryl/α,β-unsaturated/α-hetero) is 1. The summed E-state index contributed by atoms with van der Waals surface area (Å²) in [4.78, 5) is 11.4. The first-order valence-corrected chi connectivity index (χ1v) is 6.25. The van der Waals surface area contributed by atoms with Gasteiger partial charge in [-0.05, 0) is 55.2 Å². The largest absolute Gasteiger partial charge is 0.294 e. The van der Waals surface area contributed by atoms with E-state index in [-0.39, 0.29) is 5.78 Å². The molecule has 0 bridgehead atoms. The molecule has 2 heteroatoms. The summed E-state index contributed by atoms with van der Waals surface area (Å²) in [5, 5.41) is 0.515. The van der Waals surface area contributed by atoms with Gasteiger partial charge in [-0.25, -0.2) is 0 Å². The lowest BCUT2D eigenvalue weighted by atomic mass is 9.96. The average Bonchev–Trinajstić information content (AvgIpc) is 2.32. The summed E-state index contributed by atoms with van der Waals surface area (Å²) in [7, 11) is 0. The van der Waals surface area contributed by atoms with E-state index in [1.807, 2.05) is 18.2 Å². The molecular formula is C16H15ClO. The molecule has 0 fully saturated rings. The molecule has 0 heterocycles. The van der Waals surface area contributed by atoms with Gasteiger partial charge in [0, 0.05) is 5.56 Å². The van der Waals surface area contributed by atoms with Crippen molar-refractivity contribution >= 4 is 17.4 Å². The molecule has 0 spiro atoms. The average molecular weight is 259 g/mol. The number of hydrogen-bond donors (Lipinski definition) is 0. The van der Waals surface area contributed by atoms with Crippen LogP contribution < -0.4 is 0 Å². The molecule has 0 aliphatic heterocycles. The van der Waals surface area contributed by atoms with E-state index in [0.29, 0.717) is 10.6 Å². The fourth-order valence-corrected chi connectivity index (χ4v) is 2.35. The highest BCUT2D eigenvalue weighted by Gasteiger charge is 2.09. The number of carbonyl (C=O) groups is 1. The van der Waals surface area contributed by atoms with Crippen LogP contribution in [0.1, 0.15) is 28.4 Å². The number of carbonyl (C=O) groups excluding carboxylic acids is 1. The summed E-state index contributed by atoms with van der Waals surface area (Å²) in [6, 6.07) is 11.8. The fraction of sp³-hybridized carbons (Fsp3) is 0.188. The zero-order valence-corrected chi connectivity index (χ0v) is 11.5. The fourth-order valence-electron chi connectivity index (χ4n) is 2.03. The quantitative estimate of drug-likeness (QED) is 0.706. The van der Waals surface area contributed by atoms with E-state index in [0.717, 1.165) is 11.1 Å². The van der Waals surface area contributed by atoms with Crippen LogP contribution >= 0.6 is 11.6 Å². The minimum Gasteiger partial charge on any atom is -0.294 e. The van der Waals surface area contributed by atoms with Gasteiger partial charge in [-0.2, -0.15) is 0 Å². The standard InChI is InChI=1S/C16H15ClO/c1-10-5-4-6-14(11(10)2)13-7-8-15(12(3)18)16(17)9-13/h4-9H,1-3H3. The Labute approximate surface area is 112 Å². The maximum atomic E-state index is 11.4. The minimum atomic E-state index is -0.00693. The first kappa shape index (κ1) is 12.8. The van der Waals surface area contributed by atoms with Crippen LogP contribution in [0.5, 0.6) is 0 Å². The van der Waals surface area contributed by atoms with E-state index < -0.39 is 0 Å². The smallest absolute Gasteiger partial charge is 0.161 e. The molecule has 0 radical (unpaired) electrons. The third kappa shape index (κ3) is 2.32. The van der Waals surface area contributed by atoms with Crippen LogP contribution in [0.15, 0.2) is 36.4 Å². The van der Waals surface area contributed by atoms with Crippen molar-refractivity contribution in [1.29, 1.82) is 0 Å². The Bertz CT molecular complexity index is 614. The summed E-state index contributed by atoms with van der Waals surface area (Å²) in [5.41, 5.74) is 5.27. The number of ketones is 1. The monoisotopic (exact) mass is 258 g/mol. The van der Waals surface area contributed by atoms with E-state index in [1.165, 1.54) is 18.1 Å². The molecular weight excluding hydrogens is 244 g/mol. The second kappa shape index (κ2) is 4.95. The van der Waals surface area contributed by atoms with Gasteiger partial charge in [-0.3, -0.25) is 4.79 Å². The maximum Gasteiger partial charge on any atom is 0.161 e. The van der Waals surface area contributed by atoms with Crippen molar-refractivity contribution in [3.8, 4) is 11.1 Å². The van der Waals surface area contributed by atoms with Crippen LogP contribution in [0.2, 0.25) is 5.02 Å². The van der Waals surface area contributed by atoms with Crippen molar-refractivity contribution in [1.82, 2.24) is 0 Å². The van der Waals surface area contributed by atoms with Gasteiger partial charge in [0.25, 0.3) is 0 Å². The highest BCUT2D eigenvalue weighted by molar-refractivity contribution is 6.34. The van der Waals surface area contributed by atoms with Gasteiger partial charge in [0.15, 0.2) is 5.78 Å². The summed E-state index contributed by atoms with van der Waals surface area (Å²) < 4.78 is 0. The number of aryl methyl sites for hydroxylation is 1. The highest BCUT2D eigenvalue weighted by atomic mass is 35.5. The Balaban J connectivity index is 2.56. The molecule has 2 aromatic rings. The van der Waals surface area contributed by atoms with Crippen LogP contribution in [-0.2, 0) is 0 Å². The molecule has 0 aliphatic carbocycles. The number of halogens is 1. The summed E-state index contributed by atoms with van der Waals surface area (Å²) in [6.07, 6.45) is 0. The van der Waals surface area contributed by atoms with Gasteiger partial charge in [-0.15, -0.1) is 0 Å². The topological polar surface area (TPSA) is 17.1 Å². The lowest BCUT2D eigenvalue weighted by Crippen LogP contribution is -1.94. The molecule has 92 valence electrons. The van der Waals surface area contributed by atoms with Crippen LogP contribution in [0.25, 0.3) is 11.1 Å². The highest BCUT2D eigenvalue weighted by Crippen LogP contribution is 2.29. The first-order chi connectivity index (χ1) is 8.50. The normalized spacial score (nSPS) is 10.4. The van der Waals surface area contributed by atoms with Gasteiger partial charge in [-0.1, -0.05) is 35.9 Å². The Morgan fingerprint density at radius 3 is 2.44 bits per heavy atom. The molecule has 0 atom stereocenters. The number of hydrogen-bond acceptors (Lipinski definition) is 1. The van der Waals surface area contributed by atoms with Gasteiger partial charge in [0.05, 0.1) is 5.02 Å². The van der Waals surface area contributed by atoms with Crippen LogP contribution in [0.4, 0.5) is 0 Å². The summed E-state index contributed by atoms with van der Waals surface area (Å²) in [5.74, 6) is -0.00693. The van der Waals surface area contributed by atoms with Crippen molar-refractivity contribution in [2.45, 2.75) is 20.8 Å². The van der Waals surface area contributed by atoms with Gasteiger partial charge in [0.1, 0.15) is 0 Å². The molecule has 0 saturated heterocycles. The van der Waals surface area contributed by atoms with E-state index in [9.17, 15) is 4.79 Å². The van der Waals surface area contributed by atoms with E-state index in [1.54, 1.807) is 6.07 Å². The van der Waals surface area contributed by atoms with Crippen molar-refractivity contribution < 1.29 is 4.79 Å². The molecule has 0 unspecified atom stereocenters. The minimum absolute atomic E-state index is 0.00693. The van der Waals surface area contributed by atoms with Crippen molar-refractivity contribution in [2.75, 3.05) is 0 Å². The van der Waals surface area contributed by atoms with Crippen molar-refractivity contribution in [3.63, 3.8) is 0 Å². The summed E-state index contributed by atoms with van der Waals surface area (Å²) in [6.45, 7) is 5.71. The Morgan fingerprint density at radius 2 is 1.83 bits per heavy atom. The first-order valence-electron chi connectivity index (χ1n) is 5.88. The van der Waals surface area contributed by atoms with E-state index in [4.69, 9.17) is 11.6 Å². The SMILES string of the molecule is CC(=O)c1ccc(-c2cccc(C)c2C)cc1Cl. The third-order valence-corrected chi connectivity index (χ3v) is 3.58. The van der Waals surface area contributed by atoms with Crippen molar-refractivity contribution in [3.05, 3.63) is 58.1 Å². The maximum absolute atomic E-state index is 11.4.